The molecule has 0 unspecified atom stereocenters. The standard InChI is InChI=1S/C32H29N5O2/c1-35-19-25(23-9-2-4-11-27(23)35)29-30(32(39)34-31(29)38)26-20-37(28-12-5-3-10-24(26)28)22-13-16-36(17-14-22)18-21-8-6-7-15-33-21/h2-12,15,19-20,22H,13-14,16-18H2,1H3,(H,34,38,39)/i3D,5D,10D,12D. The second-order valence-electron chi connectivity index (χ2n) is 10.2. The fraction of sp³-hybridized carbons (Fsp3) is 0.219. The lowest BCUT2D eigenvalue weighted by atomic mass is 9.95. The zero-order valence-corrected chi connectivity index (χ0v) is 21.5. The van der Waals surface area contributed by atoms with Crippen LogP contribution in [-0.2, 0) is 23.2 Å². The number of likely N-dealkylation sites (tertiary alicyclic amines) is 1. The number of imide groups is 1. The van der Waals surface area contributed by atoms with Gasteiger partial charge < -0.3 is 9.13 Å². The van der Waals surface area contributed by atoms with E-state index in [2.05, 4.69) is 15.2 Å². The molecule has 0 aliphatic carbocycles. The summed E-state index contributed by atoms with van der Waals surface area (Å²) < 4.78 is 38.4. The number of carbonyl (C=O) groups excluding carboxylic acids is 2. The smallest absolute Gasteiger partial charge is 0.259 e. The Balaban J connectivity index is 1.39. The van der Waals surface area contributed by atoms with Crippen molar-refractivity contribution in [2.45, 2.75) is 25.4 Å². The molecule has 5 aromatic rings. The van der Waals surface area contributed by atoms with E-state index in [1.165, 1.54) is 0 Å². The van der Waals surface area contributed by atoms with Gasteiger partial charge in [-0.1, -0.05) is 42.4 Å². The van der Waals surface area contributed by atoms with Crippen LogP contribution < -0.4 is 5.32 Å². The molecule has 7 heteroatoms. The molecule has 0 atom stereocenters. The van der Waals surface area contributed by atoms with Crippen LogP contribution in [0.3, 0.4) is 0 Å². The van der Waals surface area contributed by atoms with Crippen LogP contribution in [0.25, 0.3) is 33.0 Å². The number of para-hydroxylation sites is 2. The lowest BCUT2D eigenvalue weighted by Crippen LogP contribution is -2.34. The minimum Gasteiger partial charge on any atom is -0.350 e. The van der Waals surface area contributed by atoms with E-state index in [0.29, 0.717) is 16.6 Å². The van der Waals surface area contributed by atoms with Gasteiger partial charge in [0.25, 0.3) is 11.8 Å². The van der Waals surface area contributed by atoms with Crippen LogP contribution in [0.15, 0.2) is 85.2 Å². The van der Waals surface area contributed by atoms with Gasteiger partial charge in [-0.2, -0.15) is 0 Å². The first-order valence-corrected chi connectivity index (χ1v) is 13.1. The van der Waals surface area contributed by atoms with Crippen LogP contribution in [0.1, 0.15) is 41.2 Å². The molecule has 2 amide bonds. The summed E-state index contributed by atoms with van der Waals surface area (Å²) in [6.45, 7) is 2.30. The predicted molar refractivity (Wildman–Crippen MR) is 153 cm³/mol. The molecule has 2 aliphatic rings. The van der Waals surface area contributed by atoms with Gasteiger partial charge >= 0.3 is 0 Å². The highest BCUT2D eigenvalue weighted by atomic mass is 16.2. The number of fused-ring (bicyclic) bond motifs is 2. The van der Waals surface area contributed by atoms with E-state index in [1.807, 2.05) is 64.8 Å². The van der Waals surface area contributed by atoms with Crippen LogP contribution >= 0.6 is 0 Å². The molecule has 0 saturated carbocycles. The molecule has 0 bridgehead atoms. The highest BCUT2D eigenvalue weighted by Gasteiger charge is 2.36. The Morgan fingerprint density at radius 2 is 1.62 bits per heavy atom. The Kier molecular flexibility index (Phi) is 4.69. The lowest BCUT2D eigenvalue weighted by Gasteiger charge is -2.33. The monoisotopic (exact) mass is 519 g/mol. The van der Waals surface area contributed by atoms with Crippen molar-refractivity contribution in [1.82, 2.24) is 24.3 Å². The maximum Gasteiger partial charge on any atom is 0.259 e. The second kappa shape index (κ2) is 9.36. The number of nitrogens with one attached hydrogen (secondary N) is 1. The third-order valence-corrected chi connectivity index (χ3v) is 7.89. The van der Waals surface area contributed by atoms with Gasteiger partial charge in [0, 0.05) is 84.2 Å². The summed E-state index contributed by atoms with van der Waals surface area (Å²) in [6, 6.07) is 12.4. The maximum atomic E-state index is 13.5. The number of aryl methyl sites for hydroxylation is 1. The molecule has 1 saturated heterocycles. The van der Waals surface area contributed by atoms with E-state index in [9.17, 15) is 9.59 Å². The maximum absolute atomic E-state index is 13.5. The summed E-state index contributed by atoms with van der Waals surface area (Å²) in [5, 5.41) is 3.52. The first-order chi connectivity index (χ1) is 20.7. The number of piperidine rings is 1. The van der Waals surface area contributed by atoms with Crippen molar-refractivity contribution >= 4 is 44.8 Å². The van der Waals surface area contributed by atoms with E-state index >= 15 is 0 Å². The Morgan fingerprint density at radius 3 is 2.38 bits per heavy atom. The summed E-state index contributed by atoms with van der Waals surface area (Å²) in [6.07, 6.45) is 6.87. The van der Waals surface area contributed by atoms with E-state index in [4.69, 9.17) is 5.48 Å². The highest BCUT2D eigenvalue weighted by molar-refractivity contribution is 6.50. The van der Waals surface area contributed by atoms with Crippen molar-refractivity contribution in [2.24, 2.45) is 7.05 Å². The second-order valence-corrected chi connectivity index (χ2v) is 10.2. The number of aromatic nitrogens is 3. The van der Waals surface area contributed by atoms with Crippen molar-refractivity contribution < 1.29 is 15.1 Å². The Morgan fingerprint density at radius 1 is 0.897 bits per heavy atom. The predicted octanol–water partition coefficient (Wildman–Crippen LogP) is 4.93. The zero-order chi connectivity index (χ0) is 30.0. The first-order valence-electron chi connectivity index (χ1n) is 15.1. The summed E-state index contributed by atoms with van der Waals surface area (Å²) in [4.78, 5) is 33.6. The third-order valence-electron chi connectivity index (χ3n) is 7.89. The minimum atomic E-state index is -0.579. The van der Waals surface area contributed by atoms with Crippen LogP contribution in [0.5, 0.6) is 0 Å². The lowest BCUT2D eigenvalue weighted by molar-refractivity contribution is -0.122. The molecule has 5 heterocycles. The SMILES string of the molecule is [2H]c1c([2H])c([2H])c2c(c(C3=C(c4cn(C)c5ccccc45)C(=O)NC3=O)cn2C2CCN(Cc3ccccn3)CC2)c1[2H]. The van der Waals surface area contributed by atoms with Crippen molar-refractivity contribution in [3.8, 4) is 0 Å². The molecule has 1 fully saturated rings. The molecular weight excluding hydrogens is 486 g/mol. The number of nitrogens with zero attached hydrogens (tertiary/aromatic N) is 4. The largest absolute Gasteiger partial charge is 0.350 e. The molecule has 2 aromatic carbocycles. The van der Waals surface area contributed by atoms with Crippen molar-refractivity contribution in [2.75, 3.05) is 13.1 Å². The summed E-state index contributed by atoms with van der Waals surface area (Å²) in [7, 11) is 1.88. The van der Waals surface area contributed by atoms with Gasteiger partial charge in [-0.15, -0.1) is 0 Å². The first kappa shape index (κ1) is 19.6. The number of pyridine rings is 1. The number of benzene rings is 2. The fourth-order valence-electron chi connectivity index (χ4n) is 6.03. The van der Waals surface area contributed by atoms with E-state index in [-0.39, 0.29) is 46.7 Å². The number of amides is 2. The average molecular weight is 520 g/mol. The van der Waals surface area contributed by atoms with E-state index in [0.717, 1.165) is 49.1 Å². The van der Waals surface area contributed by atoms with Gasteiger partial charge in [0.2, 0.25) is 0 Å². The number of hydrogen-bond acceptors (Lipinski definition) is 4. The van der Waals surface area contributed by atoms with Gasteiger partial charge in [-0.25, -0.2) is 0 Å². The van der Waals surface area contributed by atoms with E-state index < -0.39 is 11.8 Å². The van der Waals surface area contributed by atoms with Crippen molar-refractivity contribution in [3.63, 3.8) is 0 Å². The molecule has 3 aromatic heterocycles. The van der Waals surface area contributed by atoms with E-state index in [1.54, 1.807) is 12.4 Å². The molecule has 1 N–H and O–H groups in total. The molecule has 0 radical (unpaired) electrons. The summed E-state index contributed by atoms with van der Waals surface area (Å²) in [5.41, 5.74) is 3.51. The topological polar surface area (TPSA) is 72.2 Å². The quantitative estimate of drug-likeness (QED) is 0.334. The van der Waals surface area contributed by atoms with Crippen LogP contribution in [0, 0.1) is 0 Å². The van der Waals surface area contributed by atoms with Crippen LogP contribution in [0.4, 0.5) is 0 Å². The zero-order valence-electron chi connectivity index (χ0n) is 25.5. The summed E-state index contributed by atoms with van der Waals surface area (Å²) in [5.74, 6) is -1.11. The van der Waals surface area contributed by atoms with Gasteiger partial charge in [-0.05, 0) is 37.1 Å². The Bertz CT molecular complexity index is 1990. The number of rotatable bonds is 5. The van der Waals surface area contributed by atoms with Gasteiger partial charge in [0.05, 0.1) is 22.3 Å². The summed E-state index contributed by atoms with van der Waals surface area (Å²) >= 11 is 0. The Labute approximate surface area is 232 Å². The van der Waals surface area contributed by atoms with Crippen molar-refractivity contribution in [3.05, 3.63) is 102 Å². The molecule has 194 valence electrons. The van der Waals surface area contributed by atoms with Gasteiger partial charge in [0.15, 0.2) is 0 Å². The molecule has 0 spiro atoms. The van der Waals surface area contributed by atoms with Gasteiger partial charge in [-0.3, -0.25) is 24.8 Å². The Hall–Kier alpha value is -4.49. The normalized spacial score (nSPS) is 18.5. The molecule has 7 nitrogen and oxygen atoms in total. The molecule has 2 aliphatic heterocycles. The fourth-order valence-corrected chi connectivity index (χ4v) is 6.03. The number of hydrogen-bond donors (Lipinski definition) is 1. The average Bonchev–Trinajstić information content (AvgIpc) is 3.66. The third kappa shape index (κ3) is 3.97. The van der Waals surface area contributed by atoms with Crippen LogP contribution in [0.2, 0.25) is 0 Å². The van der Waals surface area contributed by atoms with Gasteiger partial charge in [0.1, 0.15) is 0 Å². The minimum absolute atomic E-state index is 0.0579. The molecule has 7 rings (SSSR count). The highest BCUT2D eigenvalue weighted by Crippen LogP contribution is 2.40. The number of carbonyl (C=O) groups is 2. The molecular formula is C32H29N5O2. The molecule has 39 heavy (non-hydrogen) atoms. The van der Waals surface area contributed by atoms with Crippen LogP contribution in [-0.4, -0.2) is 43.9 Å². The van der Waals surface area contributed by atoms with Crippen molar-refractivity contribution in [1.29, 1.82) is 0 Å².